The van der Waals surface area contributed by atoms with E-state index in [4.69, 9.17) is 29.0 Å². The first-order chi connectivity index (χ1) is 17.8. The predicted octanol–water partition coefficient (Wildman–Crippen LogP) is 3.85. The molecule has 4 heterocycles. The van der Waals surface area contributed by atoms with E-state index in [2.05, 4.69) is 19.4 Å². The summed E-state index contributed by atoms with van der Waals surface area (Å²) in [5.41, 5.74) is 1.18. The monoisotopic (exact) mass is 552 g/mol. The van der Waals surface area contributed by atoms with Gasteiger partial charge < -0.3 is 23.9 Å². The Morgan fingerprint density at radius 2 is 1.71 bits per heavy atom. The fourth-order valence-corrected chi connectivity index (χ4v) is 3.14. The second-order valence-electron chi connectivity index (χ2n) is 7.77. The molecule has 10 nitrogen and oxygen atoms in total. The van der Waals surface area contributed by atoms with Crippen LogP contribution in [0, 0.1) is 5.92 Å². The van der Waals surface area contributed by atoms with E-state index in [9.17, 15) is 26.3 Å². The zero-order valence-electron chi connectivity index (χ0n) is 19.4. The Balaban J connectivity index is 0.000000301. The van der Waals surface area contributed by atoms with Crippen molar-refractivity contribution in [3.05, 3.63) is 66.9 Å². The maximum absolute atomic E-state index is 10.6. The maximum atomic E-state index is 10.6. The van der Waals surface area contributed by atoms with Gasteiger partial charge in [0.2, 0.25) is 0 Å². The fourth-order valence-electron chi connectivity index (χ4n) is 3.14. The molecule has 1 atom stereocenters. The van der Waals surface area contributed by atoms with Crippen molar-refractivity contribution in [2.24, 2.45) is 5.92 Å². The minimum Gasteiger partial charge on any atom is -0.492 e. The van der Waals surface area contributed by atoms with Crippen LogP contribution in [0.15, 0.2) is 59.9 Å². The second-order valence-corrected chi connectivity index (χ2v) is 7.77. The van der Waals surface area contributed by atoms with E-state index in [1.54, 1.807) is 24.9 Å². The van der Waals surface area contributed by atoms with Crippen molar-refractivity contribution in [2.75, 3.05) is 13.2 Å². The Bertz CT molecular complexity index is 1110. The first kappa shape index (κ1) is 30.1. The standard InChI is InChI=1S/C18H20N4O2.2C2HF3O2/c1-2-17(8-19-4-1)24-14-16-10-21(9-15-3-7-23-13-15)12-18-20-5-6-22(18)11-16;2*3-2(4,5)1(6)7/h1-8,13,16H,9-12,14H2;2*(H,6,7). The summed E-state index contributed by atoms with van der Waals surface area (Å²) in [5, 5.41) is 14.2. The molecule has 0 fully saturated rings. The van der Waals surface area contributed by atoms with Gasteiger partial charge in [-0.15, -0.1) is 0 Å². The zero-order valence-corrected chi connectivity index (χ0v) is 19.4. The average molecular weight is 552 g/mol. The van der Waals surface area contributed by atoms with Crippen LogP contribution in [-0.4, -0.2) is 67.1 Å². The smallest absolute Gasteiger partial charge is 0.490 e. The molecule has 4 rings (SSSR count). The lowest BCUT2D eigenvalue weighted by molar-refractivity contribution is -0.193. The summed E-state index contributed by atoms with van der Waals surface area (Å²) in [6.45, 7) is 4.21. The summed E-state index contributed by atoms with van der Waals surface area (Å²) in [7, 11) is 0. The van der Waals surface area contributed by atoms with Gasteiger partial charge in [0.05, 0.1) is 31.9 Å². The number of hydrogen-bond donors (Lipinski definition) is 2. The van der Waals surface area contributed by atoms with E-state index in [0.29, 0.717) is 12.5 Å². The summed E-state index contributed by atoms with van der Waals surface area (Å²) in [6, 6.07) is 5.84. The lowest BCUT2D eigenvalue weighted by atomic mass is 10.1. The molecule has 0 bridgehead atoms. The van der Waals surface area contributed by atoms with Gasteiger partial charge in [-0.05, 0) is 18.2 Å². The third kappa shape index (κ3) is 10.5. The highest BCUT2D eigenvalue weighted by Crippen LogP contribution is 2.19. The number of aromatic nitrogens is 3. The molecule has 0 saturated heterocycles. The molecule has 0 saturated carbocycles. The van der Waals surface area contributed by atoms with Crippen molar-refractivity contribution in [2.45, 2.75) is 32.0 Å². The van der Waals surface area contributed by atoms with E-state index in [-0.39, 0.29) is 0 Å². The van der Waals surface area contributed by atoms with Gasteiger partial charge in [-0.1, -0.05) is 0 Å². The fraction of sp³-hybridized carbons (Fsp3) is 0.364. The summed E-state index contributed by atoms with van der Waals surface area (Å²) in [4.78, 5) is 28.8. The van der Waals surface area contributed by atoms with Crippen LogP contribution >= 0.6 is 0 Å². The van der Waals surface area contributed by atoms with Gasteiger partial charge in [0.25, 0.3) is 0 Å². The molecule has 3 aromatic heterocycles. The minimum absolute atomic E-state index is 0.382. The van der Waals surface area contributed by atoms with Crippen LogP contribution in [0.1, 0.15) is 11.4 Å². The van der Waals surface area contributed by atoms with Gasteiger partial charge in [-0.25, -0.2) is 14.6 Å². The van der Waals surface area contributed by atoms with E-state index < -0.39 is 24.3 Å². The van der Waals surface area contributed by atoms with E-state index in [1.807, 2.05) is 30.6 Å². The van der Waals surface area contributed by atoms with Gasteiger partial charge in [0.1, 0.15) is 11.6 Å². The molecule has 1 unspecified atom stereocenters. The quantitative estimate of drug-likeness (QED) is 0.453. The molecule has 1 aliphatic rings. The molecular weight excluding hydrogens is 530 g/mol. The Labute approximate surface area is 211 Å². The largest absolute Gasteiger partial charge is 0.492 e. The van der Waals surface area contributed by atoms with Crippen molar-refractivity contribution in [1.82, 2.24) is 19.4 Å². The van der Waals surface area contributed by atoms with Crippen molar-refractivity contribution < 1.29 is 55.3 Å². The normalized spacial score (nSPS) is 15.6. The molecule has 0 aliphatic carbocycles. The second kappa shape index (κ2) is 13.5. The number of carbonyl (C=O) groups is 2. The molecule has 208 valence electrons. The van der Waals surface area contributed by atoms with Crippen molar-refractivity contribution in [3.8, 4) is 5.75 Å². The number of hydrogen-bond acceptors (Lipinski definition) is 7. The van der Waals surface area contributed by atoms with Crippen molar-refractivity contribution in [1.29, 1.82) is 0 Å². The van der Waals surface area contributed by atoms with Gasteiger partial charge in [-0.3, -0.25) is 9.88 Å². The third-order valence-corrected chi connectivity index (χ3v) is 4.73. The molecule has 16 heteroatoms. The number of aliphatic carboxylic acids is 2. The number of ether oxygens (including phenoxy) is 1. The number of imidazole rings is 1. The number of pyridine rings is 1. The van der Waals surface area contributed by atoms with Crippen LogP contribution in [0.2, 0.25) is 0 Å². The van der Waals surface area contributed by atoms with Gasteiger partial charge in [0.15, 0.2) is 0 Å². The molecule has 0 spiro atoms. The van der Waals surface area contributed by atoms with E-state index in [0.717, 1.165) is 37.8 Å². The number of halogens is 6. The highest BCUT2D eigenvalue weighted by Gasteiger charge is 2.38. The SMILES string of the molecule is O=C(O)C(F)(F)F.O=C(O)C(F)(F)F.c1cncc(OCC2CN(Cc3ccoc3)Cc3nccn3C2)c1. The number of nitrogens with zero attached hydrogens (tertiary/aromatic N) is 4. The molecule has 2 N–H and O–H groups in total. The van der Waals surface area contributed by atoms with Crippen molar-refractivity contribution in [3.63, 3.8) is 0 Å². The Morgan fingerprint density at radius 1 is 1.05 bits per heavy atom. The summed E-state index contributed by atoms with van der Waals surface area (Å²) < 4.78 is 76.8. The predicted molar refractivity (Wildman–Crippen MR) is 116 cm³/mol. The van der Waals surface area contributed by atoms with E-state index >= 15 is 0 Å². The summed E-state index contributed by atoms with van der Waals surface area (Å²) >= 11 is 0. The molecule has 38 heavy (non-hydrogen) atoms. The number of fused-ring (bicyclic) bond motifs is 1. The minimum atomic E-state index is -5.08. The van der Waals surface area contributed by atoms with Gasteiger partial charge >= 0.3 is 24.3 Å². The first-order valence-electron chi connectivity index (χ1n) is 10.6. The highest BCUT2D eigenvalue weighted by atomic mass is 19.4. The molecule has 3 aromatic rings. The number of carboxylic acids is 2. The molecule has 0 amide bonds. The Hall–Kier alpha value is -4.08. The zero-order chi connectivity index (χ0) is 28.3. The summed E-state index contributed by atoms with van der Waals surface area (Å²) in [5.74, 6) is -3.22. The Morgan fingerprint density at radius 3 is 2.24 bits per heavy atom. The van der Waals surface area contributed by atoms with Crippen LogP contribution in [0.25, 0.3) is 0 Å². The lowest BCUT2D eigenvalue weighted by Crippen LogP contribution is -2.30. The topological polar surface area (TPSA) is 131 Å². The van der Waals surface area contributed by atoms with Crippen LogP contribution in [-0.2, 0) is 29.2 Å². The first-order valence-corrected chi connectivity index (χ1v) is 10.6. The number of rotatable bonds is 5. The summed E-state index contributed by atoms with van der Waals surface area (Å²) in [6.07, 6.45) is 0.782. The molecule has 0 radical (unpaired) electrons. The number of carboxylic acid groups (broad SMARTS) is 2. The van der Waals surface area contributed by atoms with Crippen molar-refractivity contribution >= 4 is 11.9 Å². The van der Waals surface area contributed by atoms with Crippen LogP contribution in [0.5, 0.6) is 5.75 Å². The third-order valence-electron chi connectivity index (χ3n) is 4.73. The van der Waals surface area contributed by atoms with Gasteiger partial charge in [-0.2, -0.15) is 26.3 Å². The molecule has 0 aromatic carbocycles. The molecule has 1 aliphatic heterocycles. The number of alkyl halides is 6. The Kier molecular flexibility index (Phi) is 10.7. The van der Waals surface area contributed by atoms with Crippen LogP contribution < -0.4 is 4.74 Å². The van der Waals surface area contributed by atoms with Crippen LogP contribution in [0.4, 0.5) is 26.3 Å². The average Bonchev–Trinajstić information content (AvgIpc) is 3.47. The maximum Gasteiger partial charge on any atom is 0.490 e. The highest BCUT2D eigenvalue weighted by molar-refractivity contribution is 5.73. The van der Waals surface area contributed by atoms with Gasteiger partial charge in [0, 0.05) is 49.7 Å². The number of furan rings is 1. The van der Waals surface area contributed by atoms with E-state index in [1.165, 1.54) is 5.56 Å². The lowest BCUT2D eigenvalue weighted by Gasteiger charge is -2.23. The molecular formula is C22H22F6N4O6. The van der Waals surface area contributed by atoms with Crippen LogP contribution in [0.3, 0.4) is 0 Å².